The molecule has 1 aromatic heterocycles. The molecule has 0 saturated heterocycles. The number of nitrogens with one attached hydrogen (secondary N) is 2. The Labute approximate surface area is 143 Å². The van der Waals surface area contributed by atoms with Crippen molar-refractivity contribution in [2.24, 2.45) is 0 Å². The lowest BCUT2D eigenvalue weighted by atomic mass is 9.96. The van der Waals surface area contributed by atoms with Crippen molar-refractivity contribution in [1.82, 2.24) is 15.3 Å². The van der Waals surface area contributed by atoms with E-state index in [-0.39, 0.29) is 16.5 Å². The van der Waals surface area contributed by atoms with E-state index in [9.17, 15) is 23.3 Å². The third-order valence-corrected chi connectivity index (χ3v) is 5.21. The Bertz CT molecular complexity index is 951. The number of imidazole rings is 1. The monoisotopic (exact) mass is 364 g/mol. The summed E-state index contributed by atoms with van der Waals surface area (Å²) in [5, 5.41) is 13.8. The van der Waals surface area contributed by atoms with E-state index in [1.165, 1.54) is 0 Å². The number of rotatable bonds is 4. The second-order valence-corrected chi connectivity index (χ2v) is 8.00. The normalized spacial score (nSPS) is 16.9. The molecule has 0 radical (unpaired) electrons. The molecule has 2 N–H and O–H groups in total. The average molecular weight is 364 g/mol. The molecule has 132 valence electrons. The molecule has 1 heterocycles. The fraction of sp³-hybridized carbons (Fsp3) is 0.333. The Kier molecular flexibility index (Phi) is 4.29. The van der Waals surface area contributed by atoms with E-state index in [0.717, 1.165) is 35.8 Å². The highest BCUT2D eigenvalue weighted by Gasteiger charge is 2.24. The van der Waals surface area contributed by atoms with Crippen molar-refractivity contribution in [3.63, 3.8) is 0 Å². The van der Waals surface area contributed by atoms with Gasteiger partial charge in [0.15, 0.2) is 9.84 Å². The van der Waals surface area contributed by atoms with Gasteiger partial charge in [-0.25, -0.2) is 13.4 Å². The number of nitro groups is 1. The van der Waals surface area contributed by atoms with Gasteiger partial charge in [-0.15, -0.1) is 0 Å². The zero-order valence-corrected chi connectivity index (χ0v) is 14.2. The van der Waals surface area contributed by atoms with E-state index in [4.69, 9.17) is 0 Å². The maximum absolute atomic E-state index is 12.5. The van der Waals surface area contributed by atoms with Gasteiger partial charge >= 0.3 is 0 Å². The molecule has 0 aliphatic heterocycles. The third kappa shape index (κ3) is 3.68. The van der Waals surface area contributed by atoms with Gasteiger partial charge in [-0.3, -0.25) is 14.9 Å². The molecular weight excluding hydrogens is 348 g/mol. The zero-order valence-electron chi connectivity index (χ0n) is 13.4. The summed E-state index contributed by atoms with van der Waals surface area (Å²) in [4.78, 5) is 29.7. The molecule has 10 heteroatoms. The predicted molar refractivity (Wildman–Crippen MR) is 88.1 cm³/mol. The molecule has 1 aliphatic carbocycles. The van der Waals surface area contributed by atoms with E-state index >= 15 is 0 Å². The van der Waals surface area contributed by atoms with E-state index in [0.29, 0.717) is 19.3 Å². The minimum Gasteiger partial charge on any atom is -0.349 e. The summed E-state index contributed by atoms with van der Waals surface area (Å²) < 4.78 is 23.4. The molecule has 0 bridgehead atoms. The molecule has 1 aromatic carbocycles. The van der Waals surface area contributed by atoms with Crippen LogP contribution in [-0.2, 0) is 22.7 Å². The first-order valence-corrected chi connectivity index (χ1v) is 9.44. The van der Waals surface area contributed by atoms with Crippen molar-refractivity contribution >= 4 is 21.4 Å². The number of nitro benzene ring substituents is 1. The first-order valence-electron chi connectivity index (χ1n) is 7.55. The van der Waals surface area contributed by atoms with Gasteiger partial charge in [0.1, 0.15) is 0 Å². The second kappa shape index (κ2) is 6.28. The van der Waals surface area contributed by atoms with Gasteiger partial charge in [-0.1, -0.05) is 0 Å². The number of carbonyl (C=O) groups is 1. The van der Waals surface area contributed by atoms with E-state index < -0.39 is 26.4 Å². The van der Waals surface area contributed by atoms with Crippen molar-refractivity contribution < 1.29 is 18.1 Å². The number of hydrogen-bond acceptors (Lipinski definition) is 6. The second-order valence-electron chi connectivity index (χ2n) is 5.99. The smallest absolute Gasteiger partial charge is 0.271 e. The maximum Gasteiger partial charge on any atom is 0.271 e. The van der Waals surface area contributed by atoms with Gasteiger partial charge in [-0.2, -0.15) is 0 Å². The standard InChI is InChI=1S/C15H16N4O5S/c1-25(23,24)12-5-9(4-11(7-12)19(21)22)15(20)18-10-2-3-13-14(6-10)17-8-16-13/h4-5,7-8,10H,2-3,6H2,1H3,(H,16,17)(H,18,20). The van der Waals surface area contributed by atoms with Gasteiger partial charge < -0.3 is 10.3 Å². The highest BCUT2D eigenvalue weighted by Crippen LogP contribution is 2.22. The Morgan fingerprint density at radius 2 is 2.16 bits per heavy atom. The number of aromatic amines is 1. The van der Waals surface area contributed by atoms with Crippen molar-refractivity contribution in [2.45, 2.75) is 30.2 Å². The van der Waals surface area contributed by atoms with Crippen molar-refractivity contribution in [3.8, 4) is 0 Å². The molecule has 1 atom stereocenters. The van der Waals surface area contributed by atoms with Crippen LogP contribution in [-0.4, -0.2) is 41.5 Å². The fourth-order valence-corrected chi connectivity index (χ4v) is 3.50. The number of aryl methyl sites for hydroxylation is 1. The summed E-state index contributed by atoms with van der Waals surface area (Å²) >= 11 is 0. The van der Waals surface area contributed by atoms with Crippen LogP contribution in [0.3, 0.4) is 0 Å². The topological polar surface area (TPSA) is 135 Å². The largest absolute Gasteiger partial charge is 0.349 e. The summed E-state index contributed by atoms with van der Waals surface area (Å²) in [6.45, 7) is 0. The number of hydrogen-bond donors (Lipinski definition) is 2. The van der Waals surface area contributed by atoms with Gasteiger partial charge in [-0.05, 0) is 18.9 Å². The third-order valence-electron chi connectivity index (χ3n) is 4.12. The number of nitrogens with zero attached hydrogens (tertiary/aromatic N) is 2. The number of benzene rings is 1. The summed E-state index contributed by atoms with van der Waals surface area (Å²) in [6, 6.07) is 3.03. The van der Waals surface area contributed by atoms with Crippen LogP contribution in [0.2, 0.25) is 0 Å². The van der Waals surface area contributed by atoms with Crippen LogP contribution in [0.5, 0.6) is 0 Å². The fourth-order valence-electron chi connectivity index (χ4n) is 2.83. The van der Waals surface area contributed by atoms with Gasteiger partial charge in [0.25, 0.3) is 11.6 Å². The lowest BCUT2D eigenvalue weighted by Crippen LogP contribution is -2.39. The van der Waals surface area contributed by atoms with E-state index in [1.807, 2.05) is 0 Å². The van der Waals surface area contributed by atoms with Gasteiger partial charge in [0.05, 0.1) is 21.8 Å². The number of carbonyl (C=O) groups excluding carboxylic acids is 1. The predicted octanol–water partition coefficient (Wildman–Crippen LogP) is 1.01. The minimum atomic E-state index is -3.68. The zero-order chi connectivity index (χ0) is 18.2. The summed E-state index contributed by atoms with van der Waals surface area (Å²) in [6.07, 6.45) is 4.53. The minimum absolute atomic E-state index is 0.0509. The van der Waals surface area contributed by atoms with E-state index in [2.05, 4.69) is 15.3 Å². The van der Waals surface area contributed by atoms with Crippen LogP contribution in [0, 0.1) is 10.1 Å². The molecular formula is C15H16N4O5S. The molecule has 1 unspecified atom stereocenters. The Hall–Kier alpha value is -2.75. The average Bonchev–Trinajstić information content (AvgIpc) is 3.01. The molecule has 0 saturated carbocycles. The van der Waals surface area contributed by atoms with Crippen LogP contribution in [0.4, 0.5) is 5.69 Å². The number of fused-ring (bicyclic) bond motifs is 1. The molecule has 25 heavy (non-hydrogen) atoms. The highest BCUT2D eigenvalue weighted by atomic mass is 32.2. The quantitative estimate of drug-likeness (QED) is 0.614. The summed E-state index contributed by atoms with van der Waals surface area (Å²) in [5.41, 5.74) is 1.44. The van der Waals surface area contributed by atoms with Crippen LogP contribution >= 0.6 is 0 Å². The van der Waals surface area contributed by atoms with Crippen LogP contribution in [0.25, 0.3) is 0 Å². The van der Waals surface area contributed by atoms with Crippen LogP contribution in [0.15, 0.2) is 29.4 Å². The van der Waals surface area contributed by atoms with Crippen LogP contribution < -0.4 is 5.32 Å². The van der Waals surface area contributed by atoms with Crippen molar-refractivity contribution in [1.29, 1.82) is 0 Å². The number of aromatic nitrogens is 2. The number of H-pyrrole nitrogens is 1. The Morgan fingerprint density at radius 1 is 1.40 bits per heavy atom. The molecule has 0 spiro atoms. The van der Waals surface area contributed by atoms with Gasteiger partial charge in [0, 0.05) is 42.1 Å². The number of amides is 1. The molecule has 9 nitrogen and oxygen atoms in total. The molecule has 0 fully saturated rings. The summed E-state index contributed by atoms with van der Waals surface area (Å²) in [7, 11) is -3.68. The lowest BCUT2D eigenvalue weighted by Gasteiger charge is -2.22. The molecule has 2 aromatic rings. The molecule has 3 rings (SSSR count). The van der Waals surface area contributed by atoms with Crippen molar-refractivity contribution in [2.75, 3.05) is 6.26 Å². The maximum atomic E-state index is 12.5. The summed E-state index contributed by atoms with van der Waals surface area (Å²) in [5.74, 6) is -0.540. The van der Waals surface area contributed by atoms with Crippen LogP contribution in [0.1, 0.15) is 28.2 Å². The molecule has 1 aliphatic rings. The van der Waals surface area contributed by atoms with Gasteiger partial charge in [0.2, 0.25) is 0 Å². The Balaban J connectivity index is 1.84. The lowest BCUT2D eigenvalue weighted by molar-refractivity contribution is -0.385. The molecule has 1 amide bonds. The highest BCUT2D eigenvalue weighted by molar-refractivity contribution is 7.90. The number of sulfone groups is 1. The van der Waals surface area contributed by atoms with Crippen molar-refractivity contribution in [3.05, 3.63) is 51.6 Å². The number of non-ortho nitro benzene ring substituents is 1. The first kappa shape index (κ1) is 17.1. The SMILES string of the molecule is CS(=O)(=O)c1cc(C(=O)NC2CCc3nc[nH]c3C2)cc([N+](=O)[O-])c1. The Morgan fingerprint density at radius 3 is 2.84 bits per heavy atom. The van der Waals surface area contributed by atoms with E-state index in [1.54, 1.807) is 6.33 Å². The first-order chi connectivity index (χ1) is 11.7.